The van der Waals surface area contributed by atoms with Crippen LogP contribution < -0.4 is 10.6 Å². The third-order valence-electron chi connectivity index (χ3n) is 3.95. The second kappa shape index (κ2) is 6.68. The van der Waals surface area contributed by atoms with Crippen molar-refractivity contribution >= 4 is 50.9 Å². The number of hydrogen-bond donors (Lipinski definition) is 4. The van der Waals surface area contributed by atoms with E-state index in [1.165, 1.54) is 18.2 Å². The lowest BCUT2D eigenvalue weighted by molar-refractivity contribution is 0.0595. The van der Waals surface area contributed by atoms with E-state index >= 15 is 0 Å². The van der Waals surface area contributed by atoms with E-state index in [0.717, 1.165) is 13.1 Å². The molecule has 1 amide bonds. The van der Waals surface area contributed by atoms with Gasteiger partial charge in [0.1, 0.15) is 4.88 Å². The summed E-state index contributed by atoms with van der Waals surface area (Å²) in [4.78, 5) is 29.3. The summed E-state index contributed by atoms with van der Waals surface area (Å²) < 4.78 is 39.4. The highest BCUT2D eigenvalue weighted by Crippen LogP contribution is 2.62. The predicted molar refractivity (Wildman–Crippen MR) is 94.2 cm³/mol. The van der Waals surface area contributed by atoms with Crippen LogP contribution in [0.15, 0.2) is 22.7 Å². The fourth-order valence-electron chi connectivity index (χ4n) is 2.37. The summed E-state index contributed by atoms with van der Waals surface area (Å²) in [6.07, 6.45) is 0. The van der Waals surface area contributed by atoms with Crippen molar-refractivity contribution in [3.05, 3.63) is 33.1 Å². The SMILES string of the molecule is O=C(NCC1CNC1)c1ccc2sc(C(F)(F)P(=O)(O)O)c(Br)c2c1. The van der Waals surface area contributed by atoms with Gasteiger partial charge < -0.3 is 20.4 Å². The molecule has 1 aliphatic rings. The maximum Gasteiger partial charge on any atom is 0.400 e. The minimum Gasteiger partial charge on any atom is -0.352 e. The van der Waals surface area contributed by atoms with Crippen LogP contribution in [0, 0.1) is 5.92 Å². The summed E-state index contributed by atoms with van der Waals surface area (Å²) in [5, 5.41) is 6.19. The molecule has 1 aromatic heterocycles. The Labute approximate surface area is 153 Å². The number of benzene rings is 1. The normalized spacial score (nSPS) is 16.0. The maximum atomic E-state index is 14.0. The highest BCUT2D eigenvalue weighted by molar-refractivity contribution is 9.10. The third kappa shape index (κ3) is 3.51. The van der Waals surface area contributed by atoms with Gasteiger partial charge in [-0.05, 0) is 34.1 Å². The Kier molecular flexibility index (Phi) is 5.04. The van der Waals surface area contributed by atoms with E-state index in [2.05, 4.69) is 26.6 Å². The van der Waals surface area contributed by atoms with Crippen LogP contribution in [0.5, 0.6) is 0 Å². The molecule has 1 aliphatic heterocycles. The number of carbonyl (C=O) groups is 1. The molecular weight excluding hydrogens is 441 g/mol. The van der Waals surface area contributed by atoms with Gasteiger partial charge in [0.05, 0.1) is 0 Å². The van der Waals surface area contributed by atoms with Gasteiger partial charge in [-0.1, -0.05) is 0 Å². The highest BCUT2D eigenvalue weighted by atomic mass is 79.9. The van der Waals surface area contributed by atoms with Gasteiger partial charge in [-0.3, -0.25) is 9.36 Å². The minimum atomic E-state index is -5.66. The van der Waals surface area contributed by atoms with Crippen molar-refractivity contribution in [1.82, 2.24) is 10.6 Å². The molecular formula is C14H14BrF2N2O4PS. The van der Waals surface area contributed by atoms with Crippen LogP contribution in [-0.4, -0.2) is 35.3 Å². The number of amides is 1. The Balaban J connectivity index is 1.91. The van der Waals surface area contributed by atoms with Crippen LogP contribution in [0.4, 0.5) is 8.78 Å². The summed E-state index contributed by atoms with van der Waals surface area (Å²) in [6.45, 7) is 2.21. The smallest absolute Gasteiger partial charge is 0.352 e. The first-order valence-electron chi connectivity index (χ1n) is 7.26. The second-order valence-electron chi connectivity index (χ2n) is 5.78. The van der Waals surface area contributed by atoms with Crippen molar-refractivity contribution in [2.45, 2.75) is 5.66 Å². The molecule has 1 fully saturated rings. The van der Waals surface area contributed by atoms with Gasteiger partial charge >= 0.3 is 13.3 Å². The van der Waals surface area contributed by atoms with Crippen molar-refractivity contribution in [3.63, 3.8) is 0 Å². The predicted octanol–water partition coefficient (Wildman–Crippen LogP) is 2.84. The number of nitrogens with one attached hydrogen (secondary N) is 2. The molecule has 1 aromatic carbocycles. The maximum absolute atomic E-state index is 14.0. The molecule has 0 unspecified atom stereocenters. The lowest BCUT2D eigenvalue weighted by Gasteiger charge is -2.27. The standard InChI is InChI=1S/C14H14BrF2N2O4PS/c15-11-9-3-8(13(20)19-6-7-4-18-5-7)1-2-10(9)25-12(11)14(16,17)24(21,22)23/h1-3,7,18H,4-6H2,(H,19,20)(H2,21,22,23). The molecule has 6 nitrogen and oxygen atoms in total. The largest absolute Gasteiger partial charge is 0.400 e. The van der Waals surface area contributed by atoms with E-state index in [1.807, 2.05) is 0 Å². The van der Waals surface area contributed by atoms with Crippen molar-refractivity contribution in [3.8, 4) is 0 Å². The molecule has 11 heteroatoms. The summed E-state index contributed by atoms with van der Waals surface area (Å²) in [7, 11) is -5.66. The van der Waals surface area contributed by atoms with Gasteiger partial charge in [0.15, 0.2) is 0 Å². The van der Waals surface area contributed by atoms with Crippen LogP contribution in [-0.2, 0) is 10.2 Å². The van der Waals surface area contributed by atoms with Crippen LogP contribution in [0.25, 0.3) is 10.1 Å². The van der Waals surface area contributed by atoms with Gasteiger partial charge in [0.25, 0.3) is 5.91 Å². The monoisotopic (exact) mass is 454 g/mol. The lowest BCUT2D eigenvalue weighted by Crippen LogP contribution is -2.48. The summed E-state index contributed by atoms with van der Waals surface area (Å²) in [6, 6.07) is 4.42. The molecule has 0 aliphatic carbocycles. The van der Waals surface area contributed by atoms with Crippen LogP contribution in [0.2, 0.25) is 0 Å². The number of alkyl halides is 2. The van der Waals surface area contributed by atoms with Crippen LogP contribution >= 0.6 is 34.9 Å². The average molecular weight is 455 g/mol. The highest BCUT2D eigenvalue weighted by Gasteiger charge is 2.53. The fourth-order valence-corrected chi connectivity index (χ4v) is 5.29. The third-order valence-corrected chi connectivity index (χ3v) is 7.38. The zero-order valence-electron chi connectivity index (χ0n) is 12.6. The van der Waals surface area contributed by atoms with Crippen molar-refractivity contribution in [2.75, 3.05) is 19.6 Å². The van der Waals surface area contributed by atoms with E-state index < -0.39 is 18.1 Å². The molecule has 1 saturated heterocycles. The molecule has 0 saturated carbocycles. The molecule has 0 atom stereocenters. The van der Waals surface area contributed by atoms with E-state index in [-0.39, 0.29) is 10.4 Å². The number of thiophene rings is 1. The van der Waals surface area contributed by atoms with Gasteiger partial charge in [-0.15, -0.1) is 11.3 Å². The average Bonchev–Trinajstić information content (AvgIpc) is 2.81. The van der Waals surface area contributed by atoms with Gasteiger partial charge in [0, 0.05) is 45.7 Å². The number of carbonyl (C=O) groups excluding carboxylic acids is 1. The number of fused-ring (bicyclic) bond motifs is 1. The Bertz CT molecular complexity index is 881. The van der Waals surface area contributed by atoms with Crippen LogP contribution in [0.3, 0.4) is 0 Å². The number of rotatable bonds is 5. The molecule has 25 heavy (non-hydrogen) atoms. The topological polar surface area (TPSA) is 98.7 Å². The first-order chi connectivity index (χ1) is 11.6. The Morgan fingerprint density at radius 2 is 2.12 bits per heavy atom. The molecule has 4 N–H and O–H groups in total. The van der Waals surface area contributed by atoms with E-state index in [0.29, 0.717) is 39.4 Å². The van der Waals surface area contributed by atoms with Crippen LogP contribution in [0.1, 0.15) is 15.2 Å². The number of halogens is 3. The van der Waals surface area contributed by atoms with Crippen molar-refractivity contribution in [2.24, 2.45) is 5.92 Å². The zero-order valence-corrected chi connectivity index (χ0v) is 15.9. The molecule has 0 radical (unpaired) electrons. The lowest BCUT2D eigenvalue weighted by atomic mass is 10.0. The molecule has 0 bridgehead atoms. The summed E-state index contributed by atoms with van der Waals surface area (Å²) in [5.41, 5.74) is -4.00. The first-order valence-corrected chi connectivity index (χ1v) is 10.5. The van der Waals surface area contributed by atoms with E-state index in [4.69, 9.17) is 9.79 Å². The Morgan fingerprint density at radius 1 is 1.44 bits per heavy atom. The summed E-state index contributed by atoms with van der Waals surface area (Å²) >= 11 is 3.57. The minimum absolute atomic E-state index is 0.112. The van der Waals surface area contributed by atoms with E-state index in [9.17, 15) is 18.1 Å². The van der Waals surface area contributed by atoms with Crippen molar-refractivity contribution < 1.29 is 27.9 Å². The van der Waals surface area contributed by atoms with Gasteiger partial charge in [-0.25, -0.2) is 0 Å². The van der Waals surface area contributed by atoms with Crippen molar-refractivity contribution in [1.29, 1.82) is 0 Å². The Hall–Kier alpha value is -0.900. The molecule has 2 aromatic rings. The van der Waals surface area contributed by atoms with E-state index in [1.54, 1.807) is 0 Å². The fraction of sp³-hybridized carbons (Fsp3) is 0.357. The molecule has 2 heterocycles. The molecule has 136 valence electrons. The Morgan fingerprint density at radius 3 is 2.68 bits per heavy atom. The summed E-state index contributed by atoms with van der Waals surface area (Å²) in [5.74, 6) is 0.0595. The quantitative estimate of drug-likeness (QED) is 0.520. The second-order valence-corrected chi connectivity index (χ2v) is 9.27. The molecule has 3 rings (SSSR count). The first kappa shape index (κ1) is 18.9. The zero-order chi connectivity index (χ0) is 18.4. The van der Waals surface area contributed by atoms with Gasteiger partial charge in [-0.2, -0.15) is 8.78 Å². The molecule has 0 spiro atoms. The number of hydrogen-bond acceptors (Lipinski definition) is 4. The van der Waals surface area contributed by atoms with Gasteiger partial charge in [0.2, 0.25) is 0 Å².